The van der Waals surface area contributed by atoms with Crippen molar-refractivity contribution in [1.82, 2.24) is 29.7 Å². The number of fused-ring (bicyclic) bond motifs is 1. The molecule has 0 amide bonds. The molecular weight excluding hydrogens is 497 g/mol. The van der Waals surface area contributed by atoms with Crippen LogP contribution in [0.5, 0.6) is 11.8 Å². The smallest absolute Gasteiger partial charge is 0.424 e. The van der Waals surface area contributed by atoms with Crippen LogP contribution in [0.1, 0.15) is 11.3 Å². The van der Waals surface area contributed by atoms with E-state index in [0.717, 1.165) is 22.7 Å². The Morgan fingerprint density at radius 1 is 1.06 bits per heavy atom. The zero-order valence-electron chi connectivity index (χ0n) is 18.6. The third kappa shape index (κ3) is 5.18. The summed E-state index contributed by atoms with van der Waals surface area (Å²) in [6.45, 7) is 0.507. The molecule has 0 saturated heterocycles. The Morgan fingerprint density at radius 2 is 1.81 bits per heavy atom. The fourth-order valence-electron chi connectivity index (χ4n) is 3.42. The van der Waals surface area contributed by atoms with Crippen LogP contribution < -0.4 is 15.4 Å². The Balaban J connectivity index is 1.24. The zero-order valence-corrected chi connectivity index (χ0v) is 19.4. The second-order valence-corrected chi connectivity index (χ2v) is 8.21. The monoisotopic (exact) mass is 514 g/mol. The maximum Gasteiger partial charge on any atom is 0.432 e. The van der Waals surface area contributed by atoms with Gasteiger partial charge in [-0.25, -0.2) is 15.0 Å². The van der Waals surface area contributed by atoms with Crippen molar-refractivity contribution in [3.8, 4) is 11.8 Å². The third-order valence-electron chi connectivity index (χ3n) is 5.22. The standard InChI is InChI=1S/C23H18ClF3N8O/c1-35-18-8-15(31-20-9-19(33-34-20)23(25,26)27)4-7-17(18)32-21(35)28-10-13-2-5-16(6-3-13)36-22-29-11-14(24)12-30-22/h2-9,11-12H,10H2,1H3,(H,28,32)(H2,31,33,34). The number of imidazole rings is 1. The number of hydrogen-bond donors (Lipinski definition) is 3. The van der Waals surface area contributed by atoms with Crippen molar-refractivity contribution in [3.63, 3.8) is 0 Å². The minimum Gasteiger partial charge on any atom is -0.424 e. The molecule has 0 aliphatic rings. The number of rotatable bonds is 7. The van der Waals surface area contributed by atoms with Gasteiger partial charge in [-0.3, -0.25) is 5.10 Å². The maximum absolute atomic E-state index is 12.8. The first-order valence-electron chi connectivity index (χ1n) is 10.6. The molecule has 0 atom stereocenters. The summed E-state index contributed by atoms with van der Waals surface area (Å²) in [5, 5.41) is 12.2. The van der Waals surface area contributed by atoms with Crippen molar-refractivity contribution < 1.29 is 17.9 Å². The lowest BCUT2D eigenvalue weighted by Gasteiger charge is -2.08. The number of halogens is 4. The number of aromatic amines is 1. The average Bonchev–Trinajstić information content (AvgIpc) is 3.45. The molecule has 0 bridgehead atoms. The number of nitrogens with zero attached hydrogens (tertiary/aromatic N) is 5. The molecule has 0 radical (unpaired) electrons. The molecule has 0 saturated carbocycles. The van der Waals surface area contributed by atoms with Crippen LogP contribution in [0.4, 0.5) is 30.6 Å². The number of nitrogens with one attached hydrogen (secondary N) is 3. The van der Waals surface area contributed by atoms with Crippen LogP contribution in [-0.4, -0.2) is 29.7 Å². The molecule has 184 valence electrons. The van der Waals surface area contributed by atoms with Crippen LogP contribution in [0.3, 0.4) is 0 Å². The summed E-state index contributed by atoms with van der Waals surface area (Å²) in [5.41, 5.74) is 2.18. The Morgan fingerprint density at radius 3 is 2.50 bits per heavy atom. The zero-order chi connectivity index (χ0) is 25.3. The van der Waals surface area contributed by atoms with Crippen LogP contribution in [0, 0.1) is 0 Å². The highest BCUT2D eigenvalue weighted by Crippen LogP contribution is 2.30. The number of benzene rings is 2. The molecule has 0 aliphatic carbocycles. The first-order chi connectivity index (χ1) is 17.2. The number of H-pyrrole nitrogens is 1. The van der Waals surface area contributed by atoms with Crippen molar-refractivity contribution >= 4 is 40.1 Å². The van der Waals surface area contributed by atoms with E-state index in [1.54, 1.807) is 30.3 Å². The van der Waals surface area contributed by atoms with Gasteiger partial charge in [0.25, 0.3) is 0 Å². The molecule has 9 nitrogen and oxygen atoms in total. The number of aromatic nitrogens is 6. The Hall–Kier alpha value is -4.32. The predicted octanol–water partition coefficient (Wildman–Crippen LogP) is 5.91. The Kier molecular flexibility index (Phi) is 6.10. The summed E-state index contributed by atoms with van der Waals surface area (Å²) < 4.78 is 45.8. The van der Waals surface area contributed by atoms with Gasteiger partial charge in [0.15, 0.2) is 5.82 Å². The van der Waals surface area contributed by atoms with Gasteiger partial charge in [-0.1, -0.05) is 23.7 Å². The molecule has 0 spiro atoms. The summed E-state index contributed by atoms with van der Waals surface area (Å²) in [5.74, 6) is 1.29. The average molecular weight is 515 g/mol. The molecule has 13 heteroatoms. The summed E-state index contributed by atoms with van der Waals surface area (Å²) >= 11 is 5.78. The van der Waals surface area contributed by atoms with Gasteiger partial charge in [-0.15, -0.1) is 0 Å². The number of aryl methyl sites for hydroxylation is 1. The molecule has 0 fully saturated rings. The lowest BCUT2D eigenvalue weighted by molar-refractivity contribution is -0.141. The molecule has 2 aromatic carbocycles. The van der Waals surface area contributed by atoms with Gasteiger partial charge >= 0.3 is 12.2 Å². The number of anilines is 3. The van der Waals surface area contributed by atoms with Gasteiger partial charge in [0, 0.05) is 25.3 Å². The molecular formula is C23H18ClF3N8O. The molecule has 3 aromatic heterocycles. The summed E-state index contributed by atoms with van der Waals surface area (Å²) in [6.07, 6.45) is -1.57. The van der Waals surface area contributed by atoms with Gasteiger partial charge < -0.3 is 19.9 Å². The fourth-order valence-corrected chi connectivity index (χ4v) is 3.52. The van der Waals surface area contributed by atoms with E-state index in [-0.39, 0.29) is 11.8 Å². The van der Waals surface area contributed by atoms with Crippen molar-refractivity contribution in [2.45, 2.75) is 12.7 Å². The van der Waals surface area contributed by atoms with Gasteiger partial charge in [0.05, 0.1) is 28.4 Å². The second kappa shape index (κ2) is 9.38. The predicted molar refractivity (Wildman–Crippen MR) is 128 cm³/mol. The quantitative estimate of drug-likeness (QED) is 0.248. The topological polar surface area (TPSA) is 106 Å². The SMILES string of the molecule is Cn1c(NCc2ccc(Oc3ncc(Cl)cn3)cc2)nc2ccc(Nc3cc(C(F)(F)F)[nH]n3)cc21. The van der Waals surface area contributed by atoms with E-state index in [4.69, 9.17) is 16.3 Å². The highest BCUT2D eigenvalue weighted by Gasteiger charge is 2.33. The van der Waals surface area contributed by atoms with E-state index in [2.05, 4.69) is 30.7 Å². The number of alkyl halides is 3. The minimum absolute atomic E-state index is 0.0669. The molecule has 0 unspecified atom stereocenters. The van der Waals surface area contributed by atoms with Gasteiger partial charge in [0.2, 0.25) is 5.95 Å². The van der Waals surface area contributed by atoms with Crippen LogP contribution in [-0.2, 0) is 19.8 Å². The fraction of sp³-hybridized carbons (Fsp3) is 0.130. The van der Waals surface area contributed by atoms with Crippen molar-refractivity contribution in [2.24, 2.45) is 7.05 Å². The first-order valence-corrected chi connectivity index (χ1v) is 11.0. The third-order valence-corrected chi connectivity index (χ3v) is 5.41. The summed E-state index contributed by atoms with van der Waals surface area (Å²) in [4.78, 5) is 12.6. The molecule has 5 rings (SSSR count). The lowest BCUT2D eigenvalue weighted by Crippen LogP contribution is -2.05. The molecule has 3 heterocycles. The molecule has 5 aromatic rings. The number of hydrogen-bond acceptors (Lipinski definition) is 7. The Bertz CT molecular complexity index is 1500. The van der Waals surface area contributed by atoms with Crippen molar-refractivity contribution in [3.05, 3.63) is 77.2 Å². The van der Waals surface area contributed by atoms with Crippen LogP contribution >= 0.6 is 11.6 Å². The van der Waals surface area contributed by atoms with Crippen molar-refractivity contribution in [2.75, 3.05) is 10.6 Å². The van der Waals surface area contributed by atoms with E-state index in [1.165, 1.54) is 12.4 Å². The number of ether oxygens (including phenoxy) is 1. The summed E-state index contributed by atoms with van der Waals surface area (Å²) in [7, 11) is 1.85. The van der Waals surface area contributed by atoms with E-state index < -0.39 is 11.9 Å². The van der Waals surface area contributed by atoms with Crippen LogP contribution in [0.2, 0.25) is 5.02 Å². The van der Waals surface area contributed by atoms with Crippen LogP contribution in [0.25, 0.3) is 11.0 Å². The van der Waals surface area contributed by atoms with E-state index in [0.29, 0.717) is 29.0 Å². The highest BCUT2D eigenvalue weighted by molar-refractivity contribution is 6.30. The maximum atomic E-state index is 12.8. The van der Waals surface area contributed by atoms with Gasteiger partial charge in [-0.2, -0.15) is 18.3 Å². The normalized spacial score (nSPS) is 11.6. The van der Waals surface area contributed by atoms with E-state index in [9.17, 15) is 13.2 Å². The Labute approximate surface area is 207 Å². The second-order valence-electron chi connectivity index (χ2n) is 7.77. The van der Waals surface area contributed by atoms with Crippen molar-refractivity contribution in [1.29, 1.82) is 0 Å². The first kappa shape index (κ1) is 23.4. The van der Waals surface area contributed by atoms with Gasteiger partial charge in [0.1, 0.15) is 11.4 Å². The largest absolute Gasteiger partial charge is 0.432 e. The van der Waals surface area contributed by atoms with Crippen LogP contribution in [0.15, 0.2) is 60.9 Å². The molecule has 36 heavy (non-hydrogen) atoms. The molecule has 0 aliphatic heterocycles. The highest BCUT2D eigenvalue weighted by atomic mass is 35.5. The minimum atomic E-state index is -4.49. The van der Waals surface area contributed by atoms with Gasteiger partial charge in [-0.05, 0) is 35.9 Å². The summed E-state index contributed by atoms with van der Waals surface area (Å²) in [6, 6.07) is 13.8. The molecule has 3 N–H and O–H groups in total. The lowest BCUT2D eigenvalue weighted by atomic mass is 10.2. The van der Waals surface area contributed by atoms with E-state index >= 15 is 0 Å². The van der Waals surface area contributed by atoms with E-state index in [1.807, 2.05) is 28.8 Å².